The summed E-state index contributed by atoms with van der Waals surface area (Å²) >= 11 is 0. The fourth-order valence-corrected chi connectivity index (χ4v) is 2.84. The van der Waals surface area contributed by atoms with Crippen molar-refractivity contribution in [3.8, 4) is 0 Å². The lowest BCUT2D eigenvalue weighted by Gasteiger charge is -2.33. The van der Waals surface area contributed by atoms with Crippen molar-refractivity contribution in [2.75, 3.05) is 0 Å². The van der Waals surface area contributed by atoms with Crippen LogP contribution < -0.4 is 0 Å². The molecular weight excluding hydrogens is 320 g/mol. The van der Waals surface area contributed by atoms with Crippen molar-refractivity contribution in [3.63, 3.8) is 0 Å². The first-order chi connectivity index (χ1) is 11.8. The number of benzene rings is 1. The van der Waals surface area contributed by atoms with Crippen molar-refractivity contribution in [1.82, 2.24) is 10.0 Å². The molecule has 0 aromatic heterocycles. The normalized spacial score (nSPS) is 20.1. The molecule has 0 N–H and O–H groups in total. The molecule has 1 heterocycles. The number of hydrogen-bond donors (Lipinski definition) is 0. The molecule has 1 aromatic rings. The van der Waals surface area contributed by atoms with Crippen molar-refractivity contribution in [2.24, 2.45) is 0 Å². The molecule has 1 fully saturated rings. The summed E-state index contributed by atoms with van der Waals surface area (Å²) in [6, 6.07) is 8.89. The highest BCUT2D eigenvalue weighted by molar-refractivity contribution is 5.76. The van der Waals surface area contributed by atoms with Gasteiger partial charge in [0.15, 0.2) is 0 Å². The lowest BCUT2D eigenvalue weighted by molar-refractivity contribution is -0.0319. The quantitative estimate of drug-likeness (QED) is 0.763. The minimum Gasteiger partial charge on any atom is -0.445 e. The number of hydrogen-bond acceptors (Lipinski definition) is 4. The Bertz CT molecular complexity index is 615. The van der Waals surface area contributed by atoms with E-state index in [1.54, 1.807) is 33.8 Å². The second-order valence-corrected chi connectivity index (χ2v) is 6.52. The Morgan fingerprint density at radius 3 is 2.04 bits per heavy atom. The Morgan fingerprint density at radius 2 is 1.56 bits per heavy atom. The second-order valence-electron chi connectivity index (χ2n) is 6.52. The largest absolute Gasteiger partial charge is 0.445 e. The topological polar surface area (TPSA) is 59.1 Å². The van der Waals surface area contributed by atoms with E-state index in [0.29, 0.717) is 6.42 Å². The maximum absolute atomic E-state index is 12.7. The minimum absolute atomic E-state index is 0.295. The van der Waals surface area contributed by atoms with Gasteiger partial charge in [0.2, 0.25) is 0 Å². The SMILES string of the molecule is C=C[C@@H]1C[C@@H](c2ccccc2)N(C(=O)OC(C)C)N1C(=O)OC(C)C. The van der Waals surface area contributed by atoms with Crippen LogP contribution in [0.1, 0.15) is 45.7 Å². The van der Waals surface area contributed by atoms with Crippen molar-refractivity contribution in [3.05, 3.63) is 48.6 Å². The molecule has 25 heavy (non-hydrogen) atoms. The molecule has 6 nitrogen and oxygen atoms in total. The second kappa shape index (κ2) is 8.05. The number of ether oxygens (including phenoxy) is 2. The zero-order valence-corrected chi connectivity index (χ0v) is 15.2. The van der Waals surface area contributed by atoms with E-state index >= 15 is 0 Å². The molecule has 0 unspecified atom stereocenters. The molecule has 2 amide bonds. The number of carbonyl (C=O) groups is 2. The van der Waals surface area contributed by atoms with Gasteiger partial charge in [-0.15, -0.1) is 6.58 Å². The van der Waals surface area contributed by atoms with Crippen molar-refractivity contribution >= 4 is 12.2 Å². The van der Waals surface area contributed by atoms with E-state index in [1.807, 2.05) is 30.3 Å². The molecule has 2 atom stereocenters. The first-order valence-electron chi connectivity index (χ1n) is 8.52. The van der Waals surface area contributed by atoms with Crippen LogP contribution in [0.5, 0.6) is 0 Å². The average molecular weight is 346 g/mol. The van der Waals surface area contributed by atoms with Crippen LogP contribution in [-0.4, -0.2) is 40.5 Å². The molecule has 1 aromatic carbocycles. The minimum atomic E-state index is -0.584. The molecule has 0 aliphatic carbocycles. The summed E-state index contributed by atoms with van der Waals surface area (Å²) in [6.45, 7) is 10.9. The van der Waals surface area contributed by atoms with E-state index in [4.69, 9.17) is 9.47 Å². The van der Waals surface area contributed by atoms with Gasteiger partial charge in [0.25, 0.3) is 0 Å². The molecule has 0 spiro atoms. The Hall–Kier alpha value is -2.50. The number of rotatable bonds is 4. The van der Waals surface area contributed by atoms with Gasteiger partial charge in [0.1, 0.15) is 0 Å². The van der Waals surface area contributed by atoms with Gasteiger partial charge in [-0.25, -0.2) is 19.6 Å². The van der Waals surface area contributed by atoms with Crippen LogP contribution in [0.15, 0.2) is 43.0 Å². The van der Waals surface area contributed by atoms with Gasteiger partial charge in [0, 0.05) is 6.42 Å². The third-order valence-corrected chi connectivity index (χ3v) is 3.81. The monoisotopic (exact) mass is 346 g/mol. The molecule has 1 aliphatic heterocycles. The Kier molecular flexibility index (Phi) is 6.07. The molecule has 0 radical (unpaired) electrons. The van der Waals surface area contributed by atoms with Crippen LogP contribution in [0.25, 0.3) is 0 Å². The van der Waals surface area contributed by atoms with Crippen LogP contribution in [0.3, 0.4) is 0 Å². The Labute approximate surface area is 149 Å². The van der Waals surface area contributed by atoms with E-state index < -0.39 is 12.2 Å². The van der Waals surface area contributed by atoms with Crippen molar-refractivity contribution in [1.29, 1.82) is 0 Å². The molecular formula is C19H26N2O4. The van der Waals surface area contributed by atoms with Gasteiger partial charge in [-0.1, -0.05) is 36.4 Å². The number of nitrogens with zero attached hydrogens (tertiary/aromatic N) is 2. The summed E-state index contributed by atoms with van der Waals surface area (Å²) in [6.07, 6.45) is 0.438. The Morgan fingerprint density at radius 1 is 1.04 bits per heavy atom. The molecule has 2 rings (SSSR count). The maximum Gasteiger partial charge on any atom is 0.429 e. The predicted octanol–water partition coefficient (Wildman–Crippen LogP) is 4.30. The standard InChI is InChI=1S/C19H26N2O4/c1-6-16-12-17(15-10-8-7-9-11-15)21(19(23)25-14(4)5)20(16)18(22)24-13(2)3/h6-11,13-14,16-17H,1,12H2,2-5H3/t16-,17+/m1/s1. The van der Waals surface area contributed by atoms with Gasteiger partial charge < -0.3 is 9.47 Å². The van der Waals surface area contributed by atoms with Gasteiger partial charge >= 0.3 is 12.2 Å². The van der Waals surface area contributed by atoms with E-state index in [1.165, 1.54) is 10.0 Å². The number of hydrazine groups is 1. The van der Waals surface area contributed by atoms with Gasteiger partial charge in [-0.3, -0.25) is 0 Å². The molecule has 0 saturated carbocycles. The molecule has 0 bridgehead atoms. The third-order valence-electron chi connectivity index (χ3n) is 3.81. The van der Waals surface area contributed by atoms with E-state index in [0.717, 1.165) is 5.56 Å². The fraction of sp³-hybridized carbons (Fsp3) is 0.474. The van der Waals surface area contributed by atoms with E-state index in [-0.39, 0.29) is 24.3 Å². The summed E-state index contributed by atoms with van der Waals surface area (Å²) in [5, 5.41) is 2.67. The van der Waals surface area contributed by atoms with Crippen molar-refractivity contribution < 1.29 is 19.1 Å². The molecule has 136 valence electrons. The highest BCUT2D eigenvalue weighted by Crippen LogP contribution is 2.38. The molecule has 1 aliphatic rings. The first-order valence-corrected chi connectivity index (χ1v) is 8.52. The lowest BCUT2D eigenvalue weighted by Crippen LogP contribution is -2.49. The van der Waals surface area contributed by atoms with Gasteiger partial charge in [-0.05, 0) is 33.3 Å². The number of amides is 2. The van der Waals surface area contributed by atoms with Gasteiger partial charge in [-0.2, -0.15) is 0 Å². The number of carbonyl (C=O) groups excluding carboxylic acids is 2. The summed E-state index contributed by atoms with van der Waals surface area (Å²) in [7, 11) is 0. The van der Waals surface area contributed by atoms with Crippen LogP contribution in [0.4, 0.5) is 9.59 Å². The maximum atomic E-state index is 12.7. The summed E-state index contributed by atoms with van der Waals surface area (Å²) in [5.41, 5.74) is 0.926. The van der Waals surface area contributed by atoms with Crippen LogP contribution in [-0.2, 0) is 9.47 Å². The summed E-state index contributed by atoms with van der Waals surface area (Å²) in [4.78, 5) is 25.3. The smallest absolute Gasteiger partial charge is 0.429 e. The summed E-state index contributed by atoms with van der Waals surface area (Å²) < 4.78 is 10.7. The predicted molar refractivity (Wildman–Crippen MR) is 94.7 cm³/mol. The third kappa shape index (κ3) is 4.32. The zero-order valence-electron chi connectivity index (χ0n) is 15.2. The highest BCUT2D eigenvalue weighted by atomic mass is 16.6. The summed E-state index contributed by atoms with van der Waals surface area (Å²) in [5.74, 6) is 0. The van der Waals surface area contributed by atoms with Crippen LogP contribution in [0.2, 0.25) is 0 Å². The molecule has 1 saturated heterocycles. The van der Waals surface area contributed by atoms with Gasteiger partial charge in [0.05, 0.1) is 24.3 Å². The average Bonchev–Trinajstić information content (AvgIpc) is 2.94. The zero-order chi connectivity index (χ0) is 18.6. The van der Waals surface area contributed by atoms with E-state index in [9.17, 15) is 9.59 Å². The van der Waals surface area contributed by atoms with Crippen LogP contribution in [0, 0.1) is 0 Å². The highest BCUT2D eigenvalue weighted by Gasteiger charge is 2.46. The van der Waals surface area contributed by atoms with E-state index in [2.05, 4.69) is 6.58 Å². The fourth-order valence-electron chi connectivity index (χ4n) is 2.84. The van der Waals surface area contributed by atoms with Crippen molar-refractivity contribution in [2.45, 2.75) is 58.4 Å². The lowest BCUT2D eigenvalue weighted by atomic mass is 10.0. The van der Waals surface area contributed by atoms with Crippen LogP contribution >= 0.6 is 0 Å². The first kappa shape index (κ1) is 18.8. The Balaban J connectivity index is 2.40. The molecule has 6 heteroatoms.